The van der Waals surface area contributed by atoms with E-state index in [0.717, 1.165) is 6.42 Å². The van der Waals surface area contributed by atoms with Gasteiger partial charge >= 0.3 is 5.97 Å². The van der Waals surface area contributed by atoms with Gasteiger partial charge in [0.05, 0.1) is 6.42 Å². The van der Waals surface area contributed by atoms with Gasteiger partial charge in [0, 0.05) is 5.92 Å². The Bertz CT molecular complexity index is 260. The van der Waals surface area contributed by atoms with Crippen LogP contribution in [0.4, 0.5) is 0 Å². The lowest BCUT2D eigenvalue weighted by atomic mass is 9.96. The Balaban J connectivity index is 1.93. The second-order valence-corrected chi connectivity index (χ2v) is 5.75. The molecule has 110 valence electrons. The van der Waals surface area contributed by atoms with Crippen LogP contribution in [0.1, 0.15) is 77.6 Å². The molecule has 0 aromatic rings. The van der Waals surface area contributed by atoms with Crippen LogP contribution in [0.3, 0.4) is 0 Å². The molecular weight excluding hydrogens is 236 g/mol. The van der Waals surface area contributed by atoms with Gasteiger partial charge in [-0.25, -0.2) is 0 Å². The van der Waals surface area contributed by atoms with Crippen molar-refractivity contribution in [3.63, 3.8) is 0 Å². The van der Waals surface area contributed by atoms with Crippen LogP contribution in [0.25, 0.3) is 0 Å². The first-order chi connectivity index (χ1) is 9.27. The molecule has 0 radical (unpaired) electrons. The monoisotopic (exact) mass is 266 g/mol. The Hall–Kier alpha value is -0.790. The summed E-state index contributed by atoms with van der Waals surface area (Å²) >= 11 is 0. The highest BCUT2D eigenvalue weighted by molar-refractivity contribution is 5.72. The summed E-state index contributed by atoms with van der Waals surface area (Å²) in [6.45, 7) is 6.04. The van der Waals surface area contributed by atoms with Gasteiger partial charge in [-0.1, -0.05) is 64.4 Å². The Kier molecular flexibility index (Phi) is 8.61. The maximum absolute atomic E-state index is 11.2. The van der Waals surface area contributed by atoms with E-state index in [2.05, 4.69) is 13.5 Å². The Morgan fingerprint density at radius 3 is 2.26 bits per heavy atom. The summed E-state index contributed by atoms with van der Waals surface area (Å²) in [5, 5.41) is 0. The van der Waals surface area contributed by atoms with E-state index in [1.807, 2.05) is 6.08 Å². The van der Waals surface area contributed by atoms with E-state index in [1.54, 1.807) is 0 Å². The number of hydrogen-bond acceptors (Lipinski definition) is 2. The van der Waals surface area contributed by atoms with E-state index in [4.69, 9.17) is 4.74 Å². The molecule has 1 rings (SSSR count). The van der Waals surface area contributed by atoms with E-state index in [1.165, 1.54) is 57.8 Å². The molecule has 2 atom stereocenters. The Morgan fingerprint density at radius 1 is 1.11 bits per heavy atom. The van der Waals surface area contributed by atoms with Crippen molar-refractivity contribution in [1.29, 1.82) is 0 Å². The van der Waals surface area contributed by atoms with Gasteiger partial charge in [-0.05, 0) is 12.8 Å². The molecular formula is C17H30O2. The van der Waals surface area contributed by atoms with Crippen molar-refractivity contribution in [3.8, 4) is 0 Å². The molecule has 0 N–H and O–H groups in total. The van der Waals surface area contributed by atoms with Crippen molar-refractivity contribution in [2.24, 2.45) is 5.92 Å². The number of rotatable bonds is 11. The third-order valence-electron chi connectivity index (χ3n) is 4.06. The number of unbranched alkanes of at least 4 members (excludes halogenated alkanes) is 8. The first-order valence-electron chi connectivity index (χ1n) is 8.10. The van der Waals surface area contributed by atoms with Crippen molar-refractivity contribution in [3.05, 3.63) is 12.7 Å². The van der Waals surface area contributed by atoms with Gasteiger partial charge in [-0.2, -0.15) is 0 Å². The second-order valence-electron chi connectivity index (χ2n) is 5.75. The number of cyclic esters (lactones) is 1. The van der Waals surface area contributed by atoms with Crippen LogP contribution in [0.2, 0.25) is 0 Å². The molecule has 2 nitrogen and oxygen atoms in total. The van der Waals surface area contributed by atoms with Crippen LogP contribution in [-0.2, 0) is 9.53 Å². The van der Waals surface area contributed by atoms with Crippen molar-refractivity contribution < 1.29 is 9.53 Å². The topological polar surface area (TPSA) is 26.3 Å². The summed E-state index contributed by atoms with van der Waals surface area (Å²) in [4.78, 5) is 11.2. The average molecular weight is 266 g/mol. The fourth-order valence-electron chi connectivity index (χ4n) is 2.79. The quantitative estimate of drug-likeness (QED) is 0.298. The lowest BCUT2D eigenvalue weighted by Crippen LogP contribution is -2.13. The fraction of sp³-hybridized carbons (Fsp3) is 0.824. The number of esters is 1. The zero-order valence-electron chi connectivity index (χ0n) is 12.5. The van der Waals surface area contributed by atoms with Gasteiger partial charge in [-0.15, -0.1) is 6.58 Å². The number of hydrogen-bond donors (Lipinski definition) is 0. The molecule has 1 aliphatic heterocycles. The van der Waals surface area contributed by atoms with E-state index in [-0.39, 0.29) is 18.0 Å². The summed E-state index contributed by atoms with van der Waals surface area (Å²) in [6, 6.07) is 0. The summed E-state index contributed by atoms with van der Waals surface area (Å²) in [6.07, 6.45) is 15.5. The molecule has 0 unspecified atom stereocenters. The van der Waals surface area contributed by atoms with Crippen molar-refractivity contribution in [2.75, 3.05) is 0 Å². The molecule has 1 saturated heterocycles. The zero-order valence-corrected chi connectivity index (χ0v) is 12.5. The van der Waals surface area contributed by atoms with Crippen LogP contribution in [-0.4, -0.2) is 12.1 Å². The van der Waals surface area contributed by atoms with Gasteiger partial charge in [-0.3, -0.25) is 4.79 Å². The molecule has 0 amide bonds. The predicted molar refractivity (Wildman–Crippen MR) is 80.0 cm³/mol. The minimum Gasteiger partial charge on any atom is -0.462 e. The summed E-state index contributed by atoms with van der Waals surface area (Å²) in [5.41, 5.74) is 0. The second kappa shape index (κ2) is 10.1. The molecule has 19 heavy (non-hydrogen) atoms. The molecule has 0 aromatic carbocycles. The van der Waals surface area contributed by atoms with Gasteiger partial charge in [0.2, 0.25) is 0 Å². The van der Waals surface area contributed by atoms with Crippen LogP contribution < -0.4 is 0 Å². The number of carbonyl (C=O) groups is 1. The highest BCUT2D eigenvalue weighted by Crippen LogP contribution is 2.27. The molecule has 1 fully saturated rings. The standard InChI is InChI=1S/C17H30O2/c1-3-5-6-7-8-9-10-11-12-13-16-15(4-2)14-17(18)19-16/h4,15-16H,2-3,5-14H2,1H3/t15-,16+/m0/s1. The highest BCUT2D eigenvalue weighted by atomic mass is 16.5. The van der Waals surface area contributed by atoms with E-state index in [0.29, 0.717) is 6.42 Å². The van der Waals surface area contributed by atoms with Gasteiger partial charge in [0.25, 0.3) is 0 Å². The molecule has 0 aliphatic carbocycles. The normalized spacial score (nSPS) is 22.5. The molecule has 0 bridgehead atoms. The Labute approximate surface area is 118 Å². The number of carbonyl (C=O) groups excluding carboxylic acids is 1. The van der Waals surface area contributed by atoms with Crippen LogP contribution in [0.5, 0.6) is 0 Å². The lowest BCUT2D eigenvalue weighted by Gasteiger charge is -2.13. The smallest absolute Gasteiger partial charge is 0.306 e. The van der Waals surface area contributed by atoms with Crippen molar-refractivity contribution in [2.45, 2.75) is 83.7 Å². The van der Waals surface area contributed by atoms with E-state index >= 15 is 0 Å². The molecule has 1 aliphatic rings. The SMILES string of the molecule is C=C[C@H]1CC(=O)O[C@@H]1CCCCCCCCCCC. The van der Waals surface area contributed by atoms with Gasteiger partial charge < -0.3 is 4.74 Å². The van der Waals surface area contributed by atoms with Crippen LogP contribution >= 0.6 is 0 Å². The van der Waals surface area contributed by atoms with Crippen LogP contribution in [0.15, 0.2) is 12.7 Å². The molecule has 0 spiro atoms. The summed E-state index contributed by atoms with van der Waals surface area (Å²) in [7, 11) is 0. The first-order valence-corrected chi connectivity index (χ1v) is 8.10. The fourth-order valence-corrected chi connectivity index (χ4v) is 2.79. The third kappa shape index (κ3) is 6.79. The van der Waals surface area contributed by atoms with Gasteiger partial charge in [0.1, 0.15) is 6.10 Å². The molecule has 1 heterocycles. The van der Waals surface area contributed by atoms with E-state index < -0.39 is 0 Å². The average Bonchev–Trinajstić information content (AvgIpc) is 2.77. The maximum Gasteiger partial charge on any atom is 0.306 e. The van der Waals surface area contributed by atoms with Crippen LogP contribution in [0, 0.1) is 5.92 Å². The predicted octanol–water partition coefficient (Wildman–Crippen LogP) is 5.03. The largest absolute Gasteiger partial charge is 0.462 e. The van der Waals surface area contributed by atoms with E-state index in [9.17, 15) is 4.79 Å². The highest BCUT2D eigenvalue weighted by Gasteiger charge is 2.31. The zero-order chi connectivity index (χ0) is 13.9. The minimum absolute atomic E-state index is 0.0502. The number of ether oxygens (including phenoxy) is 1. The molecule has 0 aromatic heterocycles. The first kappa shape index (κ1) is 16.3. The minimum atomic E-state index is -0.0502. The van der Waals surface area contributed by atoms with Crippen molar-refractivity contribution >= 4 is 5.97 Å². The summed E-state index contributed by atoms with van der Waals surface area (Å²) < 4.78 is 5.33. The lowest BCUT2D eigenvalue weighted by molar-refractivity contribution is -0.141. The van der Waals surface area contributed by atoms with Gasteiger partial charge in [0.15, 0.2) is 0 Å². The third-order valence-corrected chi connectivity index (χ3v) is 4.06. The summed E-state index contributed by atoms with van der Waals surface area (Å²) in [5.74, 6) is 0.201. The maximum atomic E-state index is 11.2. The molecule has 0 saturated carbocycles. The molecule has 2 heteroatoms. The Morgan fingerprint density at radius 2 is 1.68 bits per heavy atom. The van der Waals surface area contributed by atoms with Crippen molar-refractivity contribution in [1.82, 2.24) is 0 Å².